The molecule has 3 aliphatic rings. The quantitative estimate of drug-likeness (QED) is 0.774. The average molecular weight is 362 g/mol. The van der Waals surface area contributed by atoms with Crippen LogP contribution in [-0.2, 0) is 4.74 Å². The molecule has 2 aliphatic heterocycles. The molecule has 0 atom stereocenters. The fourth-order valence-corrected chi connectivity index (χ4v) is 3.44. The van der Waals surface area contributed by atoms with Gasteiger partial charge in [0.05, 0.1) is 13.2 Å². The number of halogens is 1. The topological polar surface area (TPSA) is 61.8 Å². The van der Waals surface area contributed by atoms with E-state index >= 15 is 0 Å². The molecule has 25 heavy (non-hydrogen) atoms. The highest BCUT2D eigenvalue weighted by molar-refractivity contribution is 6.29. The molecule has 1 aliphatic carbocycles. The van der Waals surface area contributed by atoms with Crippen molar-refractivity contribution in [1.82, 2.24) is 14.9 Å². The predicted molar refractivity (Wildman–Crippen MR) is 96.0 cm³/mol. The van der Waals surface area contributed by atoms with Crippen molar-refractivity contribution in [1.29, 1.82) is 0 Å². The van der Waals surface area contributed by atoms with Crippen molar-refractivity contribution in [3.8, 4) is 0 Å². The summed E-state index contributed by atoms with van der Waals surface area (Å²) in [5.41, 5.74) is 1.06. The van der Waals surface area contributed by atoms with Crippen LogP contribution >= 0.6 is 11.6 Å². The largest absolute Gasteiger partial charge is 0.378 e. The summed E-state index contributed by atoms with van der Waals surface area (Å²) in [5.74, 6) is 1.11. The van der Waals surface area contributed by atoms with E-state index in [1.165, 1.54) is 0 Å². The number of hydrogen-bond donors (Lipinski definition) is 0. The zero-order valence-electron chi connectivity index (χ0n) is 13.9. The number of urea groups is 1. The van der Waals surface area contributed by atoms with Crippen molar-refractivity contribution in [3.05, 3.63) is 35.1 Å². The normalized spacial score (nSPS) is 21.1. The van der Waals surface area contributed by atoms with Crippen molar-refractivity contribution in [2.24, 2.45) is 0 Å². The lowest BCUT2D eigenvalue weighted by Gasteiger charge is -2.27. The van der Waals surface area contributed by atoms with Crippen molar-refractivity contribution in [3.63, 3.8) is 0 Å². The van der Waals surface area contributed by atoms with Crippen molar-refractivity contribution in [2.75, 3.05) is 49.2 Å². The Morgan fingerprint density at radius 2 is 1.88 bits per heavy atom. The SMILES string of the molecule is O=C1N(C2=CC=CCC2)CCN1c1cc(Cl)nc(N2CCOCC2)n1. The Kier molecular flexibility index (Phi) is 4.59. The molecule has 0 saturated carbocycles. The van der Waals surface area contributed by atoms with E-state index < -0.39 is 0 Å². The van der Waals surface area contributed by atoms with Crippen LogP contribution in [0.5, 0.6) is 0 Å². The summed E-state index contributed by atoms with van der Waals surface area (Å²) in [5, 5.41) is 0.345. The lowest BCUT2D eigenvalue weighted by Crippen LogP contribution is -2.38. The molecule has 0 radical (unpaired) electrons. The molecule has 0 N–H and O–H groups in total. The van der Waals surface area contributed by atoms with Gasteiger partial charge in [0.25, 0.3) is 0 Å². The highest BCUT2D eigenvalue weighted by atomic mass is 35.5. The standard InChI is InChI=1S/C17H20ClN5O2/c18-14-12-15(20-16(19-14)21-8-10-25-11-9-21)23-7-6-22(17(23)24)13-4-2-1-3-5-13/h1-2,4,12H,3,5-11H2. The zero-order chi connectivity index (χ0) is 17.2. The van der Waals surface area contributed by atoms with Crippen molar-refractivity contribution in [2.45, 2.75) is 12.8 Å². The third-order valence-corrected chi connectivity index (χ3v) is 4.78. The Balaban J connectivity index is 1.57. The van der Waals surface area contributed by atoms with E-state index in [4.69, 9.17) is 16.3 Å². The molecule has 7 nitrogen and oxygen atoms in total. The molecular formula is C17H20ClN5O2. The minimum atomic E-state index is -0.0516. The van der Waals surface area contributed by atoms with E-state index in [0.29, 0.717) is 43.2 Å². The van der Waals surface area contributed by atoms with Gasteiger partial charge in [-0.2, -0.15) is 4.98 Å². The van der Waals surface area contributed by atoms with Crippen LogP contribution in [-0.4, -0.2) is 60.3 Å². The van der Waals surface area contributed by atoms with Crippen LogP contribution in [0, 0.1) is 0 Å². The molecule has 0 spiro atoms. The van der Waals surface area contributed by atoms with Crippen LogP contribution in [0.1, 0.15) is 12.8 Å². The summed E-state index contributed by atoms with van der Waals surface area (Å²) >= 11 is 6.20. The first kappa shape index (κ1) is 16.4. The molecule has 0 unspecified atom stereocenters. The molecule has 2 saturated heterocycles. The fraction of sp³-hybridized carbons (Fsp3) is 0.471. The van der Waals surface area contributed by atoms with Crippen molar-refractivity contribution < 1.29 is 9.53 Å². The lowest BCUT2D eigenvalue weighted by atomic mass is 10.1. The van der Waals surface area contributed by atoms with E-state index in [1.54, 1.807) is 11.0 Å². The molecule has 2 amide bonds. The minimum Gasteiger partial charge on any atom is -0.378 e. The number of carbonyl (C=O) groups excluding carboxylic acids is 1. The maximum atomic E-state index is 12.9. The Labute approximate surface area is 151 Å². The fourth-order valence-electron chi connectivity index (χ4n) is 3.27. The van der Waals surface area contributed by atoms with Gasteiger partial charge >= 0.3 is 6.03 Å². The third kappa shape index (κ3) is 3.34. The number of allylic oxidation sites excluding steroid dienone is 4. The van der Waals surface area contributed by atoms with Gasteiger partial charge in [0, 0.05) is 37.9 Å². The van der Waals surface area contributed by atoms with Crippen LogP contribution in [0.2, 0.25) is 5.15 Å². The van der Waals surface area contributed by atoms with Gasteiger partial charge in [-0.25, -0.2) is 9.78 Å². The molecule has 2 fully saturated rings. The number of ether oxygens (including phenoxy) is 1. The highest BCUT2D eigenvalue weighted by Crippen LogP contribution is 2.27. The van der Waals surface area contributed by atoms with Crippen LogP contribution in [0.3, 0.4) is 0 Å². The summed E-state index contributed by atoms with van der Waals surface area (Å²) in [6, 6.07) is 1.60. The number of hydrogen-bond acceptors (Lipinski definition) is 5. The second kappa shape index (κ2) is 7.01. The molecule has 8 heteroatoms. The van der Waals surface area contributed by atoms with Crippen LogP contribution in [0.25, 0.3) is 0 Å². The number of aromatic nitrogens is 2. The van der Waals surface area contributed by atoms with Gasteiger partial charge in [-0.15, -0.1) is 0 Å². The maximum absolute atomic E-state index is 12.9. The smallest absolute Gasteiger partial charge is 0.330 e. The second-order valence-corrected chi connectivity index (χ2v) is 6.55. The zero-order valence-corrected chi connectivity index (χ0v) is 14.7. The third-order valence-electron chi connectivity index (χ3n) is 4.59. The van der Waals surface area contributed by atoms with E-state index in [2.05, 4.69) is 16.0 Å². The summed E-state index contributed by atoms with van der Waals surface area (Å²) in [7, 11) is 0. The molecule has 1 aromatic heterocycles. The number of rotatable bonds is 3. The number of nitrogens with zero attached hydrogens (tertiary/aromatic N) is 5. The average Bonchev–Trinajstić information content (AvgIpc) is 3.04. The molecule has 4 rings (SSSR count). The van der Waals surface area contributed by atoms with Crippen LogP contribution in [0.15, 0.2) is 30.0 Å². The number of amides is 2. The lowest BCUT2D eigenvalue weighted by molar-refractivity contribution is 0.122. The Hall–Kier alpha value is -2.12. The first-order valence-corrected chi connectivity index (χ1v) is 8.92. The first-order chi connectivity index (χ1) is 12.2. The molecule has 1 aromatic rings. The molecule has 0 bridgehead atoms. The monoisotopic (exact) mass is 361 g/mol. The van der Waals surface area contributed by atoms with Gasteiger partial charge in [0.1, 0.15) is 11.0 Å². The number of carbonyl (C=O) groups is 1. The summed E-state index contributed by atoms with van der Waals surface area (Å²) in [6.07, 6.45) is 7.99. The van der Waals surface area contributed by atoms with Crippen LogP contribution in [0.4, 0.5) is 16.6 Å². The Morgan fingerprint density at radius 1 is 1.08 bits per heavy atom. The van der Waals surface area contributed by atoms with Gasteiger partial charge in [-0.05, 0) is 18.9 Å². The van der Waals surface area contributed by atoms with Gasteiger partial charge in [-0.3, -0.25) is 9.80 Å². The minimum absolute atomic E-state index is 0.0516. The summed E-state index contributed by atoms with van der Waals surface area (Å²) in [6.45, 7) is 3.98. The molecule has 0 aromatic carbocycles. The maximum Gasteiger partial charge on any atom is 0.330 e. The van der Waals surface area contributed by atoms with E-state index in [9.17, 15) is 4.79 Å². The van der Waals surface area contributed by atoms with Gasteiger partial charge in [-0.1, -0.05) is 23.8 Å². The predicted octanol–water partition coefficient (Wildman–Crippen LogP) is 2.44. The molecular weight excluding hydrogens is 342 g/mol. The summed E-state index contributed by atoms with van der Waals surface area (Å²) in [4.78, 5) is 27.3. The molecule has 3 heterocycles. The number of anilines is 2. The Bertz CT molecular complexity index is 730. The first-order valence-electron chi connectivity index (χ1n) is 8.54. The number of morpholine rings is 1. The van der Waals surface area contributed by atoms with Gasteiger partial charge < -0.3 is 9.64 Å². The van der Waals surface area contributed by atoms with E-state index in [0.717, 1.165) is 31.6 Å². The van der Waals surface area contributed by atoms with E-state index in [1.807, 2.05) is 22.0 Å². The van der Waals surface area contributed by atoms with Crippen molar-refractivity contribution >= 4 is 29.4 Å². The van der Waals surface area contributed by atoms with Gasteiger partial charge in [0.2, 0.25) is 5.95 Å². The highest BCUT2D eigenvalue weighted by Gasteiger charge is 2.33. The van der Waals surface area contributed by atoms with Crippen LogP contribution < -0.4 is 9.80 Å². The second-order valence-electron chi connectivity index (χ2n) is 6.16. The van der Waals surface area contributed by atoms with E-state index in [-0.39, 0.29) is 6.03 Å². The van der Waals surface area contributed by atoms with Gasteiger partial charge in [0.15, 0.2) is 0 Å². The Morgan fingerprint density at radius 3 is 2.64 bits per heavy atom. The molecule has 132 valence electrons. The summed E-state index contributed by atoms with van der Waals surface area (Å²) < 4.78 is 5.37.